The Morgan fingerprint density at radius 2 is 1.89 bits per heavy atom. The first kappa shape index (κ1) is 13.2. The SMILES string of the molecule is O=C(c1ccc(Cl)c(F)c1)c1cccc(Br)c1F. The fourth-order valence-corrected chi connectivity index (χ4v) is 1.96. The van der Waals surface area contributed by atoms with Crippen LogP contribution >= 0.6 is 27.5 Å². The number of rotatable bonds is 2. The fourth-order valence-electron chi connectivity index (χ4n) is 1.47. The smallest absolute Gasteiger partial charge is 0.196 e. The van der Waals surface area contributed by atoms with Crippen molar-refractivity contribution in [3.8, 4) is 0 Å². The minimum Gasteiger partial charge on any atom is -0.288 e. The highest BCUT2D eigenvalue weighted by Gasteiger charge is 2.16. The van der Waals surface area contributed by atoms with E-state index in [9.17, 15) is 13.6 Å². The third-order valence-electron chi connectivity index (χ3n) is 2.38. The first-order valence-electron chi connectivity index (χ1n) is 4.94. The zero-order chi connectivity index (χ0) is 13.3. The number of halogens is 4. The van der Waals surface area contributed by atoms with Crippen molar-refractivity contribution in [2.75, 3.05) is 0 Å². The third-order valence-corrected chi connectivity index (χ3v) is 3.30. The Balaban J connectivity index is 2.48. The average Bonchev–Trinajstić information content (AvgIpc) is 2.35. The molecule has 92 valence electrons. The van der Waals surface area contributed by atoms with Gasteiger partial charge in [0.1, 0.15) is 11.6 Å². The molecule has 0 aliphatic heterocycles. The Hall–Kier alpha value is -1.26. The quantitative estimate of drug-likeness (QED) is 0.734. The topological polar surface area (TPSA) is 17.1 Å². The highest BCUT2D eigenvalue weighted by molar-refractivity contribution is 9.10. The van der Waals surface area contributed by atoms with Crippen molar-refractivity contribution in [3.63, 3.8) is 0 Å². The monoisotopic (exact) mass is 330 g/mol. The number of benzene rings is 2. The second-order valence-electron chi connectivity index (χ2n) is 3.56. The number of hydrogen-bond acceptors (Lipinski definition) is 1. The minimum atomic E-state index is -0.710. The molecule has 0 spiro atoms. The summed E-state index contributed by atoms with van der Waals surface area (Å²) in [6.07, 6.45) is 0. The molecule has 0 unspecified atom stereocenters. The molecule has 2 aromatic rings. The molecule has 2 aromatic carbocycles. The van der Waals surface area contributed by atoms with Gasteiger partial charge in [-0.1, -0.05) is 17.7 Å². The maximum atomic E-state index is 13.7. The molecule has 0 heterocycles. The normalized spacial score (nSPS) is 10.4. The van der Waals surface area contributed by atoms with E-state index in [0.717, 1.165) is 6.07 Å². The Morgan fingerprint density at radius 1 is 1.17 bits per heavy atom. The summed E-state index contributed by atoms with van der Waals surface area (Å²) in [6.45, 7) is 0. The van der Waals surface area contributed by atoms with Gasteiger partial charge in [0.15, 0.2) is 5.78 Å². The van der Waals surface area contributed by atoms with Crippen molar-refractivity contribution in [3.05, 3.63) is 68.7 Å². The molecule has 18 heavy (non-hydrogen) atoms. The van der Waals surface area contributed by atoms with E-state index in [1.807, 2.05) is 0 Å². The van der Waals surface area contributed by atoms with E-state index < -0.39 is 17.4 Å². The second kappa shape index (κ2) is 5.16. The van der Waals surface area contributed by atoms with Gasteiger partial charge in [0, 0.05) is 5.56 Å². The molecule has 0 fully saturated rings. The zero-order valence-corrected chi connectivity index (χ0v) is 11.2. The lowest BCUT2D eigenvalue weighted by molar-refractivity contribution is 0.103. The maximum Gasteiger partial charge on any atom is 0.196 e. The minimum absolute atomic E-state index is 0.0499. The van der Waals surface area contributed by atoms with Crippen molar-refractivity contribution in [1.82, 2.24) is 0 Å². The number of carbonyl (C=O) groups excluding carboxylic acids is 1. The third kappa shape index (κ3) is 2.44. The highest BCUT2D eigenvalue weighted by Crippen LogP contribution is 2.23. The van der Waals surface area contributed by atoms with E-state index in [2.05, 4.69) is 15.9 Å². The second-order valence-corrected chi connectivity index (χ2v) is 4.82. The van der Waals surface area contributed by atoms with Gasteiger partial charge in [-0.15, -0.1) is 0 Å². The van der Waals surface area contributed by atoms with Crippen LogP contribution in [-0.4, -0.2) is 5.78 Å². The first-order chi connectivity index (χ1) is 8.50. The van der Waals surface area contributed by atoms with Gasteiger partial charge in [0.25, 0.3) is 0 Å². The number of hydrogen-bond donors (Lipinski definition) is 0. The van der Waals surface area contributed by atoms with Crippen LogP contribution in [0.5, 0.6) is 0 Å². The van der Waals surface area contributed by atoms with Crippen LogP contribution in [0.2, 0.25) is 5.02 Å². The van der Waals surface area contributed by atoms with E-state index >= 15 is 0 Å². The highest BCUT2D eigenvalue weighted by atomic mass is 79.9. The predicted molar refractivity (Wildman–Crippen MR) is 68.9 cm³/mol. The van der Waals surface area contributed by atoms with Gasteiger partial charge in [0.05, 0.1) is 15.1 Å². The number of ketones is 1. The molecule has 0 radical (unpaired) electrons. The molecule has 0 amide bonds. The van der Waals surface area contributed by atoms with Gasteiger partial charge in [-0.2, -0.15) is 0 Å². The van der Waals surface area contributed by atoms with E-state index in [-0.39, 0.29) is 20.6 Å². The van der Waals surface area contributed by atoms with Crippen LogP contribution in [0.25, 0.3) is 0 Å². The summed E-state index contributed by atoms with van der Waals surface area (Å²) in [5.41, 5.74) is -0.0694. The summed E-state index contributed by atoms with van der Waals surface area (Å²) >= 11 is 8.51. The molecule has 0 atom stereocenters. The summed E-state index contributed by atoms with van der Waals surface area (Å²) in [4.78, 5) is 12.0. The largest absolute Gasteiger partial charge is 0.288 e. The standard InChI is InChI=1S/C13H6BrClF2O/c14-9-3-1-2-8(12(9)17)13(18)7-4-5-10(15)11(16)6-7/h1-6H. The van der Waals surface area contributed by atoms with Gasteiger partial charge >= 0.3 is 0 Å². The molecule has 0 aliphatic carbocycles. The van der Waals surface area contributed by atoms with E-state index in [4.69, 9.17) is 11.6 Å². The lowest BCUT2D eigenvalue weighted by atomic mass is 10.0. The predicted octanol–water partition coefficient (Wildman–Crippen LogP) is 4.61. The summed E-state index contributed by atoms with van der Waals surface area (Å²) < 4.78 is 27.2. The number of carbonyl (C=O) groups is 1. The van der Waals surface area contributed by atoms with Crippen LogP contribution in [-0.2, 0) is 0 Å². The lowest BCUT2D eigenvalue weighted by Gasteiger charge is -2.04. The van der Waals surface area contributed by atoms with Crippen LogP contribution < -0.4 is 0 Å². The molecule has 5 heteroatoms. The van der Waals surface area contributed by atoms with Crippen LogP contribution in [0.15, 0.2) is 40.9 Å². The molecule has 2 rings (SSSR count). The van der Waals surface area contributed by atoms with Crippen LogP contribution in [0.3, 0.4) is 0 Å². The Bertz CT molecular complexity index is 628. The van der Waals surface area contributed by atoms with Gasteiger partial charge in [-0.05, 0) is 46.3 Å². The van der Waals surface area contributed by atoms with Crippen LogP contribution in [0, 0.1) is 11.6 Å². The average molecular weight is 332 g/mol. The maximum absolute atomic E-state index is 13.7. The van der Waals surface area contributed by atoms with Crippen LogP contribution in [0.4, 0.5) is 8.78 Å². The van der Waals surface area contributed by atoms with Crippen molar-refractivity contribution in [1.29, 1.82) is 0 Å². The molecule has 0 N–H and O–H groups in total. The van der Waals surface area contributed by atoms with Crippen molar-refractivity contribution in [2.24, 2.45) is 0 Å². The molecule has 0 bridgehead atoms. The first-order valence-corrected chi connectivity index (χ1v) is 6.11. The fraction of sp³-hybridized carbons (Fsp3) is 0. The summed E-state index contributed by atoms with van der Waals surface area (Å²) in [6, 6.07) is 7.97. The van der Waals surface area contributed by atoms with Crippen LogP contribution in [0.1, 0.15) is 15.9 Å². The Morgan fingerprint density at radius 3 is 2.56 bits per heavy atom. The molecular weight excluding hydrogens is 325 g/mol. The Labute approximate surface area is 116 Å². The zero-order valence-electron chi connectivity index (χ0n) is 8.88. The Kier molecular flexibility index (Phi) is 3.78. The molecule has 0 aliphatic rings. The van der Waals surface area contributed by atoms with Gasteiger partial charge in [0.2, 0.25) is 0 Å². The van der Waals surface area contributed by atoms with Crippen molar-refractivity contribution in [2.45, 2.75) is 0 Å². The van der Waals surface area contributed by atoms with E-state index in [0.29, 0.717) is 0 Å². The lowest BCUT2D eigenvalue weighted by Crippen LogP contribution is -2.05. The summed E-state index contributed by atoms with van der Waals surface area (Å²) in [5.74, 6) is -1.97. The molecular formula is C13H6BrClF2O. The van der Waals surface area contributed by atoms with Crippen molar-refractivity contribution >= 4 is 33.3 Å². The van der Waals surface area contributed by atoms with Gasteiger partial charge < -0.3 is 0 Å². The molecule has 0 saturated heterocycles. The molecule has 1 nitrogen and oxygen atoms in total. The van der Waals surface area contributed by atoms with E-state index in [1.165, 1.54) is 30.3 Å². The van der Waals surface area contributed by atoms with E-state index in [1.54, 1.807) is 0 Å². The van der Waals surface area contributed by atoms with Crippen molar-refractivity contribution < 1.29 is 13.6 Å². The summed E-state index contributed by atoms with van der Waals surface area (Å²) in [5, 5.41) is -0.0822. The molecule has 0 saturated carbocycles. The van der Waals surface area contributed by atoms with Gasteiger partial charge in [-0.3, -0.25) is 4.79 Å². The summed E-state index contributed by atoms with van der Waals surface area (Å²) in [7, 11) is 0. The molecule has 0 aromatic heterocycles. The van der Waals surface area contributed by atoms with Gasteiger partial charge in [-0.25, -0.2) is 8.78 Å².